The topological polar surface area (TPSA) is 60.8 Å². The minimum absolute atomic E-state index is 0.499. The standard InChI is InChI=1S/C23H31N5O2/c1-7-17-18(25(5)6)15-19(21(20(17)24-4)26(8-2)9-3)27(28-22(29)23(28)30)16-13-11-10-12-14-16/h10-15,24H,7-9H2,1-6H3. The molecule has 7 nitrogen and oxygen atoms in total. The summed E-state index contributed by atoms with van der Waals surface area (Å²) in [5, 5.41) is 5.15. The number of nitrogens with one attached hydrogen (secondary N) is 1. The van der Waals surface area contributed by atoms with Crippen molar-refractivity contribution < 1.29 is 0 Å². The second-order valence-electron chi connectivity index (χ2n) is 7.36. The van der Waals surface area contributed by atoms with Crippen LogP contribution < -0.4 is 31.2 Å². The van der Waals surface area contributed by atoms with Gasteiger partial charge in [0, 0.05) is 45.5 Å². The Hall–Kier alpha value is -3.22. The number of benzene rings is 2. The molecule has 0 amide bonds. The van der Waals surface area contributed by atoms with Crippen molar-refractivity contribution in [3.63, 3.8) is 0 Å². The smallest absolute Gasteiger partial charge is 0.340 e. The molecule has 0 atom stereocenters. The molecule has 1 heterocycles. The number of anilines is 5. The van der Waals surface area contributed by atoms with Gasteiger partial charge in [-0.15, -0.1) is 0 Å². The monoisotopic (exact) mass is 409 g/mol. The van der Waals surface area contributed by atoms with Gasteiger partial charge in [-0.25, -0.2) is 5.01 Å². The maximum Gasteiger partial charge on any atom is 0.340 e. The first kappa shape index (κ1) is 21.5. The lowest BCUT2D eigenvalue weighted by Gasteiger charge is -2.34. The molecule has 30 heavy (non-hydrogen) atoms. The first-order valence-electron chi connectivity index (χ1n) is 10.4. The number of hydrogen-bond acceptors (Lipinski definition) is 6. The zero-order valence-corrected chi connectivity index (χ0v) is 18.7. The van der Waals surface area contributed by atoms with Crippen molar-refractivity contribution in [1.29, 1.82) is 0 Å². The Morgan fingerprint density at radius 2 is 1.53 bits per heavy atom. The van der Waals surface area contributed by atoms with Crippen molar-refractivity contribution in [1.82, 2.24) is 4.68 Å². The number of rotatable bonds is 9. The van der Waals surface area contributed by atoms with Gasteiger partial charge in [-0.3, -0.25) is 9.59 Å². The first-order valence-corrected chi connectivity index (χ1v) is 10.4. The van der Waals surface area contributed by atoms with Crippen LogP contribution in [0.1, 0.15) is 26.3 Å². The molecule has 2 aromatic carbocycles. The molecular formula is C23H31N5O2. The molecule has 0 unspecified atom stereocenters. The third-order valence-corrected chi connectivity index (χ3v) is 5.48. The Morgan fingerprint density at radius 1 is 0.933 bits per heavy atom. The molecule has 0 radical (unpaired) electrons. The van der Waals surface area contributed by atoms with Gasteiger partial charge in [0.1, 0.15) is 0 Å². The summed E-state index contributed by atoms with van der Waals surface area (Å²) >= 11 is 0. The van der Waals surface area contributed by atoms with Crippen LogP contribution in [0.25, 0.3) is 0 Å². The Balaban J connectivity index is 2.43. The third-order valence-electron chi connectivity index (χ3n) is 5.48. The summed E-state index contributed by atoms with van der Waals surface area (Å²) in [6.07, 6.45) is 0.852. The van der Waals surface area contributed by atoms with Crippen LogP contribution in [0, 0.1) is 0 Å². The van der Waals surface area contributed by atoms with Crippen LogP contribution in [-0.4, -0.2) is 38.9 Å². The molecule has 0 aliphatic carbocycles. The summed E-state index contributed by atoms with van der Waals surface area (Å²) in [7, 11) is 5.94. The Labute approximate surface area is 177 Å². The lowest BCUT2D eigenvalue weighted by molar-refractivity contribution is 0.836. The highest BCUT2D eigenvalue weighted by Crippen LogP contribution is 2.46. The average molecular weight is 410 g/mol. The zero-order valence-electron chi connectivity index (χ0n) is 18.7. The molecule has 3 rings (SSSR count). The van der Waals surface area contributed by atoms with E-state index in [0.29, 0.717) is 0 Å². The van der Waals surface area contributed by atoms with E-state index in [1.807, 2.05) is 51.5 Å². The van der Waals surface area contributed by atoms with E-state index in [2.05, 4.69) is 42.0 Å². The van der Waals surface area contributed by atoms with E-state index in [-0.39, 0.29) is 0 Å². The van der Waals surface area contributed by atoms with Gasteiger partial charge in [-0.1, -0.05) is 25.1 Å². The molecule has 0 saturated heterocycles. The van der Waals surface area contributed by atoms with E-state index < -0.39 is 11.1 Å². The number of hydrogen-bond donors (Lipinski definition) is 1. The molecule has 0 bridgehead atoms. The van der Waals surface area contributed by atoms with E-state index in [0.717, 1.165) is 47.9 Å². The second kappa shape index (κ2) is 8.65. The second-order valence-corrected chi connectivity index (χ2v) is 7.36. The molecule has 7 heteroatoms. The normalized spacial score (nSPS) is 11.0. The van der Waals surface area contributed by atoms with Crippen molar-refractivity contribution in [2.24, 2.45) is 0 Å². The highest BCUT2D eigenvalue weighted by molar-refractivity contribution is 5.93. The van der Waals surface area contributed by atoms with Crippen LogP contribution >= 0.6 is 0 Å². The van der Waals surface area contributed by atoms with Crippen LogP contribution in [0.4, 0.5) is 28.4 Å². The minimum atomic E-state index is -0.499. The maximum atomic E-state index is 12.2. The fourth-order valence-electron chi connectivity index (χ4n) is 3.97. The predicted molar refractivity (Wildman–Crippen MR) is 127 cm³/mol. The minimum Gasteiger partial charge on any atom is -0.386 e. The largest absolute Gasteiger partial charge is 0.386 e. The highest BCUT2D eigenvalue weighted by Gasteiger charge is 2.31. The lowest BCUT2D eigenvalue weighted by atomic mass is 10.0. The van der Waals surface area contributed by atoms with Crippen molar-refractivity contribution in [3.8, 4) is 0 Å². The summed E-state index contributed by atoms with van der Waals surface area (Å²) in [5.41, 5.74) is 4.82. The van der Waals surface area contributed by atoms with Crippen molar-refractivity contribution >= 4 is 28.4 Å². The molecule has 0 fully saturated rings. The first-order chi connectivity index (χ1) is 14.4. The van der Waals surface area contributed by atoms with Crippen molar-refractivity contribution in [3.05, 3.63) is 62.7 Å². The Morgan fingerprint density at radius 3 is 1.97 bits per heavy atom. The number of nitrogens with zero attached hydrogens (tertiary/aromatic N) is 4. The fourth-order valence-corrected chi connectivity index (χ4v) is 3.97. The van der Waals surface area contributed by atoms with Gasteiger partial charge in [0.2, 0.25) is 0 Å². The summed E-state index contributed by atoms with van der Waals surface area (Å²) in [4.78, 5) is 28.8. The SMILES string of the molecule is CCc1c(N(C)C)cc(N(c2ccccc2)n2c(=O)c2=O)c(N(CC)CC)c1NC. The van der Waals surface area contributed by atoms with E-state index in [4.69, 9.17) is 0 Å². The van der Waals surface area contributed by atoms with Crippen LogP contribution in [0.15, 0.2) is 46.0 Å². The number of aromatic nitrogens is 1. The van der Waals surface area contributed by atoms with Crippen LogP contribution in [0.2, 0.25) is 0 Å². The lowest BCUT2D eigenvalue weighted by Crippen LogP contribution is -2.30. The molecular weight excluding hydrogens is 378 g/mol. The highest BCUT2D eigenvalue weighted by atomic mass is 16.2. The number of para-hydroxylation sites is 1. The third kappa shape index (κ3) is 3.56. The van der Waals surface area contributed by atoms with Crippen molar-refractivity contribution in [2.45, 2.75) is 27.2 Å². The Kier molecular flexibility index (Phi) is 6.20. The fraction of sp³-hybridized carbons (Fsp3) is 0.391. The van der Waals surface area contributed by atoms with Crippen LogP contribution in [0.5, 0.6) is 0 Å². The van der Waals surface area contributed by atoms with E-state index in [1.54, 1.807) is 5.01 Å². The molecule has 3 aromatic rings. The van der Waals surface area contributed by atoms with Gasteiger partial charge < -0.3 is 15.1 Å². The van der Waals surface area contributed by atoms with E-state index >= 15 is 0 Å². The summed E-state index contributed by atoms with van der Waals surface area (Å²) in [6, 6.07) is 11.6. The molecule has 0 spiro atoms. The van der Waals surface area contributed by atoms with E-state index in [9.17, 15) is 9.59 Å². The zero-order chi connectivity index (χ0) is 22.0. The van der Waals surface area contributed by atoms with Crippen molar-refractivity contribution in [2.75, 3.05) is 54.4 Å². The molecule has 160 valence electrons. The van der Waals surface area contributed by atoms with Crippen LogP contribution in [-0.2, 0) is 6.42 Å². The molecule has 0 saturated carbocycles. The van der Waals surface area contributed by atoms with E-state index in [1.165, 1.54) is 10.2 Å². The predicted octanol–water partition coefficient (Wildman–Crippen LogP) is 3.20. The van der Waals surface area contributed by atoms with Gasteiger partial charge in [0.05, 0.1) is 22.7 Å². The Bertz CT molecular complexity index is 1050. The van der Waals surface area contributed by atoms with Gasteiger partial charge in [0.15, 0.2) is 0 Å². The van der Waals surface area contributed by atoms with Gasteiger partial charge >= 0.3 is 11.1 Å². The summed E-state index contributed by atoms with van der Waals surface area (Å²) in [5.74, 6) is 0. The summed E-state index contributed by atoms with van der Waals surface area (Å²) in [6.45, 7) is 7.96. The molecule has 0 aliphatic rings. The molecule has 1 aromatic heterocycles. The molecule has 1 N–H and O–H groups in total. The van der Waals surface area contributed by atoms with Crippen LogP contribution in [0.3, 0.4) is 0 Å². The van der Waals surface area contributed by atoms with Gasteiger partial charge in [-0.05, 0) is 38.5 Å². The van der Waals surface area contributed by atoms with Gasteiger partial charge in [-0.2, -0.15) is 4.68 Å². The average Bonchev–Trinajstić information content (AvgIpc) is 3.34. The van der Waals surface area contributed by atoms with Gasteiger partial charge in [0.25, 0.3) is 0 Å². The maximum absolute atomic E-state index is 12.2. The molecule has 0 aliphatic heterocycles. The quantitative estimate of drug-likeness (QED) is 0.548. The summed E-state index contributed by atoms with van der Waals surface area (Å²) < 4.78 is 1.21.